The average molecular weight is 281 g/mol. The Kier molecular flexibility index (Phi) is 9.34. The quantitative estimate of drug-likeness (QED) is 0.386. The predicted molar refractivity (Wildman–Crippen MR) is 70.5 cm³/mol. The van der Waals surface area contributed by atoms with Crippen LogP contribution in [0.2, 0.25) is 0 Å². The van der Waals surface area contributed by atoms with Crippen molar-refractivity contribution in [2.75, 3.05) is 0 Å². The van der Waals surface area contributed by atoms with Gasteiger partial charge in [0.15, 0.2) is 0 Å². The summed E-state index contributed by atoms with van der Waals surface area (Å²) < 4.78 is 41.2. The monoisotopic (exact) mass is 281 g/mol. The lowest BCUT2D eigenvalue weighted by atomic mass is 10.1. The summed E-state index contributed by atoms with van der Waals surface area (Å²) in [5.74, 6) is 0. The largest absolute Gasteiger partial charge is 0.673 e. The van der Waals surface area contributed by atoms with E-state index in [1.807, 2.05) is 12.5 Å². The van der Waals surface area contributed by atoms with Crippen molar-refractivity contribution in [3.05, 3.63) is 18.7 Å². The van der Waals surface area contributed by atoms with Crippen molar-refractivity contribution in [3.63, 3.8) is 0 Å². The first-order chi connectivity index (χ1) is 8.84. The molecule has 112 valence electrons. The Labute approximate surface area is 112 Å². The third kappa shape index (κ3) is 13.2. The number of aromatic nitrogens is 2. The summed E-state index contributed by atoms with van der Waals surface area (Å²) in [5.41, 5.74) is 0. The van der Waals surface area contributed by atoms with E-state index in [1.165, 1.54) is 38.5 Å². The van der Waals surface area contributed by atoms with Crippen molar-refractivity contribution in [1.29, 1.82) is 0 Å². The molecule has 2 nitrogen and oxygen atoms in total. The highest BCUT2D eigenvalue weighted by Gasteiger charge is 2.20. The van der Waals surface area contributed by atoms with E-state index in [0.29, 0.717) is 6.04 Å². The van der Waals surface area contributed by atoms with Gasteiger partial charge in [-0.25, -0.2) is 4.98 Å². The average Bonchev–Trinajstić information content (AvgIpc) is 2.79. The summed E-state index contributed by atoms with van der Waals surface area (Å²) >= 11 is 0. The Bertz CT molecular complexity index is 295. The second kappa shape index (κ2) is 9.86. The molecule has 0 saturated heterocycles. The summed E-state index contributed by atoms with van der Waals surface area (Å²) in [7, 11) is -6.00. The number of hydrogen-bond donors (Lipinski definition) is 0. The van der Waals surface area contributed by atoms with Crippen LogP contribution in [0.3, 0.4) is 0 Å². The molecule has 0 spiro atoms. The molecule has 7 heteroatoms. The summed E-state index contributed by atoms with van der Waals surface area (Å²) in [6.45, 7) is 4.52. The molecule has 1 rings (SSSR count). The van der Waals surface area contributed by atoms with E-state index in [4.69, 9.17) is 0 Å². The molecule has 0 aromatic carbocycles. The SMILES string of the molecule is CCCCCCCC(C)n1ccnc1.F[B-](F)(F)F. The number of hydrogen-bond acceptors (Lipinski definition) is 1. The van der Waals surface area contributed by atoms with Crippen molar-refractivity contribution >= 4 is 7.25 Å². The van der Waals surface area contributed by atoms with Gasteiger partial charge in [-0.1, -0.05) is 39.0 Å². The van der Waals surface area contributed by atoms with Gasteiger partial charge in [-0.15, -0.1) is 0 Å². The van der Waals surface area contributed by atoms with Gasteiger partial charge in [-0.05, 0) is 13.3 Å². The van der Waals surface area contributed by atoms with E-state index in [9.17, 15) is 17.3 Å². The van der Waals surface area contributed by atoms with Crippen LogP contribution in [-0.2, 0) is 0 Å². The summed E-state index contributed by atoms with van der Waals surface area (Å²) in [5, 5.41) is 0. The van der Waals surface area contributed by atoms with E-state index in [1.54, 1.807) is 0 Å². The first-order valence-electron chi connectivity index (χ1n) is 6.69. The fraction of sp³-hybridized carbons (Fsp3) is 0.750. The standard InChI is InChI=1S/C12H22N2.BF4/c1-3-4-5-6-7-8-12(2)14-10-9-13-11-14;2-1(3,4)5/h9-12H,3-8H2,1-2H3;/q;-1. The van der Waals surface area contributed by atoms with Gasteiger partial charge >= 0.3 is 7.25 Å². The van der Waals surface area contributed by atoms with Gasteiger partial charge in [0.05, 0.1) is 6.33 Å². The number of unbranched alkanes of at least 4 members (excludes halogenated alkanes) is 4. The van der Waals surface area contributed by atoms with Gasteiger partial charge in [-0.2, -0.15) is 0 Å². The third-order valence-electron chi connectivity index (χ3n) is 2.76. The van der Waals surface area contributed by atoms with Crippen LogP contribution < -0.4 is 0 Å². The molecule has 0 bridgehead atoms. The molecule has 0 amide bonds. The Morgan fingerprint density at radius 2 is 1.68 bits per heavy atom. The Morgan fingerprint density at radius 1 is 1.11 bits per heavy atom. The topological polar surface area (TPSA) is 17.8 Å². The van der Waals surface area contributed by atoms with Crippen LogP contribution in [-0.4, -0.2) is 16.8 Å². The highest BCUT2D eigenvalue weighted by atomic mass is 19.5. The maximum atomic E-state index is 9.75. The van der Waals surface area contributed by atoms with Crippen molar-refractivity contribution in [3.8, 4) is 0 Å². The zero-order chi connectivity index (χ0) is 14.7. The Balaban J connectivity index is 0.000000555. The predicted octanol–water partition coefficient (Wildman–Crippen LogP) is 5.10. The van der Waals surface area contributed by atoms with Gasteiger partial charge in [-0.3, -0.25) is 0 Å². The fourth-order valence-electron chi connectivity index (χ4n) is 1.72. The minimum absolute atomic E-state index is 0.610. The summed E-state index contributed by atoms with van der Waals surface area (Å²) in [6, 6.07) is 0.610. The lowest BCUT2D eigenvalue weighted by Crippen LogP contribution is -2.02. The van der Waals surface area contributed by atoms with E-state index in [2.05, 4.69) is 29.6 Å². The molecule has 19 heavy (non-hydrogen) atoms. The zero-order valence-electron chi connectivity index (χ0n) is 11.5. The van der Waals surface area contributed by atoms with Gasteiger partial charge in [0, 0.05) is 18.4 Å². The molecule has 1 atom stereocenters. The van der Waals surface area contributed by atoms with E-state index in [-0.39, 0.29) is 0 Å². The first-order valence-corrected chi connectivity index (χ1v) is 6.69. The number of imidazole rings is 1. The maximum absolute atomic E-state index is 9.75. The minimum Gasteiger partial charge on any atom is -0.418 e. The summed E-state index contributed by atoms with van der Waals surface area (Å²) in [6.07, 6.45) is 13.9. The maximum Gasteiger partial charge on any atom is 0.673 e. The highest BCUT2D eigenvalue weighted by Crippen LogP contribution is 2.15. The molecule has 0 aliphatic heterocycles. The van der Waals surface area contributed by atoms with Gasteiger partial charge in [0.25, 0.3) is 0 Å². The molecule has 1 aromatic rings. The van der Waals surface area contributed by atoms with E-state index < -0.39 is 7.25 Å². The Morgan fingerprint density at radius 3 is 2.16 bits per heavy atom. The lowest BCUT2D eigenvalue weighted by Gasteiger charge is -2.12. The second-order valence-electron chi connectivity index (χ2n) is 4.56. The minimum atomic E-state index is -6.00. The van der Waals surface area contributed by atoms with Crippen molar-refractivity contribution < 1.29 is 17.3 Å². The second-order valence-corrected chi connectivity index (χ2v) is 4.56. The highest BCUT2D eigenvalue weighted by molar-refractivity contribution is 6.50. The van der Waals surface area contributed by atoms with Gasteiger partial charge in [0.2, 0.25) is 0 Å². The van der Waals surface area contributed by atoms with E-state index >= 15 is 0 Å². The molecule has 0 aliphatic rings. The van der Waals surface area contributed by atoms with Crippen LogP contribution in [0, 0.1) is 0 Å². The molecule has 1 unspecified atom stereocenters. The zero-order valence-corrected chi connectivity index (χ0v) is 11.5. The molecule has 1 heterocycles. The lowest BCUT2D eigenvalue weighted by molar-refractivity contribution is 0.368. The van der Waals surface area contributed by atoms with Crippen LogP contribution in [0.15, 0.2) is 18.7 Å². The first kappa shape index (κ1) is 18.0. The number of nitrogens with zero attached hydrogens (tertiary/aromatic N) is 2. The van der Waals surface area contributed by atoms with Crippen LogP contribution in [0.4, 0.5) is 17.3 Å². The smallest absolute Gasteiger partial charge is 0.418 e. The normalized spacial score (nSPS) is 12.7. The van der Waals surface area contributed by atoms with Crippen molar-refractivity contribution in [2.24, 2.45) is 0 Å². The van der Waals surface area contributed by atoms with Crippen LogP contribution in [0.5, 0.6) is 0 Å². The molecule has 0 radical (unpaired) electrons. The molecule has 0 saturated carbocycles. The van der Waals surface area contributed by atoms with Crippen LogP contribution in [0.25, 0.3) is 0 Å². The number of halogens is 4. The van der Waals surface area contributed by atoms with Crippen molar-refractivity contribution in [1.82, 2.24) is 9.55 Å². The van der Waals surface area contributed by atoms with Gasteiger partial charge < -0.3 is 21.8 Å². The Hall–Kier alpha value is -1.01. The summed E-state index contributed by atoms with van der Waals surface area (Å²) in [4.78, 5) is 4.06. The van der Waals surface area contributed by atoms with E-state index in [0.717, 1.165) is 0 Å². The molecule has 1 aromatic heterocycles. The van der Waals surface area contributed by atoms with Gasteiger partial charge in [0.1, 0.15) is 0 Å². The third-order valence-corrected chi connectivity index (χ3v) is 2.76. The molecular weight excluding hydrogens is 259 g/mol. The molecule has 0 fully saturated rings. The molecule has 0 aliphatic carbocycles. The van der Waals surface area contributed by atoms with Crippen LogP contribution in [0.1, 0.15) is 58.4 Å². The molecule has 0 N–H and O–H groups in total. The van der Waals surface area contributed by atoms with Crippen LogP contribution >= 0.6 is 0 Å². The van der Waals surface area contributed by atoms with Crippen molar-refractivity contribution in [2.45, 2.75) is 58.4 Å². The number of rotatable bonds is 7. The fourth-order valence-corrected chi connectivity index (χ4v) is 1.72. The molecular formula is C12H22BF4N2-.